The highest BCUT2D eigenvalue weighted by atomic mass is 19.1. The SMILES string of the molecule is CC(C1CC(n2c(=O)[nH]c3ccccc32)CCN1C(=O)O)N(Cc1ccccc1)Cc1ccc(F)cc1. The van der Waals surface area contributed by atoms with Crippen LogP contribution < -0.4 is 5.69 Å². The molecule has 0 bridgehead atoms. The molecule has 8 heteroatoms. The van der Waals surface area contributed by atoms with Gasteiger partial charge in [0.15, 0.2) is 0 Å². The third-order valence-electron chi connectivity index (χ3n) is 7.51. The van der Waals surface area contributed by atoms with E-state index < -0.39 is 6.09 Å². The summed E-state index contributed by atoms with van der Waals surface area (Å²) >= 11 is 0. The first-order chi connectivity index (χ1) is 17.9. The first-order valence-corrected chi connectivity index (χ1v) is 12.6. The van der Waals surface area contributed by atoms with Gasteiger partial charge in [0.25, 0.3) is 0 Å². The van der Waals surface area contributed by atoms with Gasteiger partial charge in [-0.05, 0) is 55.2 Å². The van der Waals surface area contributed by atoms with Crippen LogP contribution in [0, 0.1) is 5.82 Å². The standard InChI is InChI=1S/C29H31FN4O3/c1-20(32(18-21-7-3-2-4-8-21)19-22-11-13-23(30)14-12-22)27-17-24(15-16-33(27)29(36)37)34-26-10-6-5-9-25(26)31-28(34)35/h2-14,20,24,27H,15-19H2,1H3,(H,31,35)(H,36,37). The van der Waals surface area contributed by atoms with Crippen molar-refractivity contribution in [2.75, 3.05) is 6.54 Å². The number of rotatable bonds is 7. The van der Waals surface area contributed by atoms with Crippen LogP contribution in [0.4, 0.5) is 9.18 Å². The first kappa shape index (κ1) is 24.8. The quantitative estimate of drug-likeness (QED) is 0.362. The van der Waals surface area contributed by atoms with E-state index in [1.54, 1.807) is 16.7 Å². The third kappa shape index (κ3) is 5.29. The van der Waals surface area contributed by atoms with Crippen molar-refractivity contribution in [2.24, 2.45) is 0 Å². The summed E-state index contributed by atoms with van der Waals surface area (Å²) in [5, 5.41) is 10.1. The number of para-hydroxylation sites is 2. The number of H-pyrrole nitrogens is 1. The number of piperidine rings is 1. The Bertz CT molecular complexity index is 1420. The number of likely N-dealkylation sites (tertiary alicyclic amines) is 1. The van der Waals surface area contributed by atoms with Crippen molar-refractivity contribution < 1.29 is 14.3 Å². The van der Waals surface area contributed by atoms with E-state index in [9.17, 15) is 19.1 Å². The Hall–Kier alpha value is -3.91. The summed E-state index contributed by atoms with van der Waals surface area (Å²) in [5.74, 6) is -0.289. The van der Waals surface area contributed by atoms with E-state index in [4.69, 9.17) is 0 Å². The number of halogens is 1. The zero-order chi connectivity index (χ0) is 25.9. The van der Waals surface area contributed by atoms with E-state index in [0.717, 1.165) is 22.2 Å². The molecule has 3 aromatic carbocycles. The molecule has 4 aromatic rings. The molecule has 1 saturated heterocycles. The second-order valence-corrected chi connectivity index (χ2v) is 9.80. The van der Waals surface area contributed by atoms with Crippen molar-refractivity contribution in [3.8, 4) is 0 Å². The molecule has 1 aliphatic rings. The molecular formula is C29H31FN4O3. The average molecular weight is 503 g/mol. The molecule has 0 aliphatic carbocycles. The number of amides is 1. The molecule has 2 heterocycles. The average Bonchev–Trinajstić information content (AvgIpc) is 3.25. The van der Waals surface area contributed by atoms with Crippen molar-refractivity contribution in [2.45, 2.75) is 51.0 Å². The monoisotopic (exact) mass is 502 g/mol. The number of hydrogen-bond acceptors (Lipinski definition) is 3. The molecule has 7 nitrogen and oxygen atoms in total. The number of carbonyl (C=O) groups is 1. The molecule has 1 fully saturated rings. The lowest BCUT2D eigenvalue weighted by molar-refractivity contribution is 0.0373. The van der Waals surface area contributed by atoms with Gasteiger partial charge in [-0.1, -0.05) is 54.6 Å². The van der Waals surface area contributed by atoms with Gasteiger partial charge in [-0.15, -0.1) is 0 Å². The Morgan fingerprint density at radius 1 is 1.03 bits per heavy atom. The van der Waals surface area contributed by atoms with Crippen LogP contribution in [0.2, 0.25) is 0 Å². The van der Waals surface area contributed by atoms with Gasteiger partial charge in [0, 0.05) is 31.7 Å². The van der Waals surface area contributed by atoms with E-state index in [2.05, 4.69) is 22.0 Å². The van der Waals surface area contributed by atoms with Gasteiger partial charge in [0.1, 0.15) is 5.82 Å². The van der Waals surface area contributed by atoms with Crippen LogP contribution in [0.1, 0.15) is 36.9 Å². The van der Waals surface area contributed by atoms with Crippen LogP contribution in [-0.2, 0) is 13.1 Å². The van der Waals surface area contributed by atoms with Gasteiger partial charge in [-0.25, -0.2) is 14.0 Å². The third-order valence-corrected chi connectivity index (χ3v) is 7.51. The van der Waals surface area contributed by atoms with Gasteiger partial charge in [0.05, 0.1) is 17.1 Å². The number of hydrogen-bond donors (Lipinski definition) is 2. The first-order valence-electron chi connectivity index (χ1n) is 12.6. The van der Waals surface area contributed by atoms with Crippen LogP contribution in [0.25, 0.3) is 11.0 Å². The molecule has 192 valence electrons. The summed E-state index contributed by atoms with van der Waals surface area (Å²) in [5.41, 5.74) is 3.50. The maximum atomic E-state index is 13.6. The predicted molar refractivity (Wildman–Crippen MR) is 141 cm³/mol. The molecule has 1 aliphatic heterocycles. The van der Waals surface area contributed by atoms with Crippen molar-refractivity contribution >= 4 is 17.1 Å². The fourth-order valence-electron chi connectivity index (χ4n) is 5.57. The number of carboxylic acid groups (broad SMARTS) is 1. The van der Waals surface area contributed by atoms with Crippen LogP contribution in [0.15, 0.2) is 83.7 Å². The second kappa shape index (κ2) is 10.6. The lowest BCUT2D eigenvalue weighted by Gasteiger charge is -2.44. The van der Waals surface area contributed by atoms with Crippen LogP contribution in [0.5, 0.6) is 0 Å². The highest BCUT2D eigenvalue weighted by Crippen LogP contribution is 2.32. The molecule has 5 rings (SSSR count). The predicted octanol–water partition coefficient (Wildman–Crippen LogP) is 5.24. The largest absolute Gasteiger partial charge is 0.465 e. The molecular weight excluding hydrogens is 471 g/mol. The Morgan fingerprint density at radius 2 is 1.68 bits per heavy atom. The van der Waals surface area contributed by atoms with Gasteiger partial charge >= 0.3 is 11.8 Å². The molecule has 0 radical (unpaired) electrons. The minimum absolute atomic E-state index is 0.129. The summed E-state index contributed by atoms with van der Waals surface area (Å²) in [6.45, 7) is 3.54. The van der Waals surface area contributed by atoms with Crippen LogP contribution >= 0.6 is 0 Å². The minimum Gasteiger partial charge on any atom is -0.465 e. The normalized spacial score (nSPS) is 18.8. The number of fused-ring (bicyclic) bond motifs is 1. The highest BCUT2D eigenvalue weighted by Gasteiger charge is 2.38. The molecule has 37 heavy (non-hydrogen) atoms. The van der Waals surface area contributed by atoms with Crippen molar-refractivity contribution in [3.63, 3.8) is 0 Å². The van der Waals surface area contributed by atoms with Gasteiger partial charge in [0.2, 0.25) is 0 Å². The number of nitrogens with zero attached hydrogens (tertiary/aromatic N) is 3. The van der Waals surface area contributed by atoms with Gasteiger partial charge in [-0.3, -0.25) is 9.47 Å². The Morgan fingerprint density at radius 3 is 2.38 bits per heavy atom. The molecule has 0 spiro atoms. The smallest absolute Gasteiger partial charge is 0.407 e. The number of benzene rings is 3. The summed E-state index contributed by atoms with van der Waals surface area (Å²) < 4.78 is 15.4. The van der Waals surface area contributed by atoms with Crippen LogP contribution in [-0.4, -0.2) is 49.2 Å². The minimum atomic E-state index is -0.956. The fourth-order valence-corrected chi connectivity index (χ4v) is 5.57. The lowest BCUT2D eigenvalue weighted by atomic mass is 9.91. The summed E-state index contributed by atoms with van der Waals surface area (Å²) in [7, 11) is 0. The highest BCUT2D eigenvalue weighted by molar-refractivity contribution is 5.75. The lowest BCUT2D eigenvalue weighted by Crippen LogP contribution is -2.55. The van der Waals surface area contributed by atoms with Crippen molar-refractivity contribution in [3.05, 3.63) is 106 Å². The zero-order valence-corrected chi connectivity index (χ0v) is 20.8. The molecule has 3 atom stereocenters. The van der Waals surface area contributed by atoms with E-state index in [1.807, 2.05) is 49.4 Å². The summed E-state index contributed by atoms with van der Waals surface area (Å²) in [4.78, 5) is 31.9. The number of aromatic amines is 1. The Balaban J connectivity index is 1.47. The Labute approximate surface area is 214 Å². The molecule has 1 aromatic heterocycles. The zero-order valence-electron chi connectivity index (χ0n) is 20.8. The fraction of sp³-hybridized carbons (Fsp3) is 0.310. The number of nitrogens with one attached hydrogen (secondary N) is 1. The van der Waals surface area contributed by atoms with E-state index in [1.165, 1.54) is 17.0 Å². The summed E-state index contributed by atoms with van der Waals surface area (Å²) in [6, 6.07) is 23.4. The summed E-state index contributed by atoms with van der Waals surface area (Å²) in [6.07, 6.45) is 0.126. The van der Waals surface area contributed by atoms with Crippen molar-refractivity contribution in [1.29, 1.82) is 0 Å². The van der Waals surface area contributed by atoms with Gasteiger partial charge < -0.3 is 15.0 Å². The van der Waals surface area contributed by atoms with Crippen LogP contribution in [0.3, 0.4) is 0 Å². The number of imidazole rings is 1. The maximum Gasteiger partial charge on any atom is 0.407 e. The molecule has 1 amide bonds. The second-order valence-electron chi connectivity index (χ2n) is 9.80. The van der Waals surface area contributed by atoms with Crippen molar-refractivity contribution in [1.82, 2.24) is 19.4 Å². The Kier molecular flexibility index (Phi) is 7.10. The van der Waals surface area contributed by atoms with E-state index in [-0.39, 0.29) is 29.6 Å². The molecule has 0 saturated carbocycles. The maximum absolute atomic E-state index is 13.6. The van der Waals surface area contributed by atoms with Gasteiger partial charge in [-0.2, -0.15) is 0 Å². The molecule has 3 unspecified atom stereocenters. The molecule has 2 N–H and O–H groups in total. The van der Waals surface area contributed by atoms with E-state index in [0.29, 0.717) is 32.5 Å². The number of aromatic nitrogens is 2. The topological polar surface area (TPSA) is 81.6 Å². The van der Waals surface area contributed by atoms with E-state index >= 15 is 0 Å².